The molecule has 0 saturated heterocycles. The molecular formula is C43H77N2+. The summed E-state index contributed by atoms with van der Waals surface area (Å²) in [5.41, 5.74) is 1.47. The number of hydrogen-bond acceptors (Lipinski definition) is 0. The summed E-state index contributed by atoms with van der Waals surface area (Å²) in [7, 11) is 0. The number of benzene rings is 1. The minimum atomic E-state index is 1.15. The van der Waals surface area contributed by atoms with E-state index in [1.54, 1.807) is 5.82 Å². The lowest BCUT2D eigenvalue weighted by molar-refractivity contribution is -0.704. The van der Waals surface area contributed by atoms with Crippen molar-refractivity contribution in [2.75, 3.05) is 0 Å². The van der Waals surface area contributed by atoms with Crippen LogP contribution in [-0.4, -0.2) is 4.57 Å². The highest BCUT2D eigenvalue weighted by Crippen LogP contribution is 2.16. The molecule has 0 saturated carbocycles. The van der Waals surface area contributed by atoms with Crippen molar-refractivity contribution in [3.63, 3.8) is 0 Å². The highest BCUT2D eigenvalue weighted by atomic mass is 15.1. The van der Waals surface area contributed by atoms with Gasteiger partial charge in [-0.15, -0.1) is 0 Å². The first kappa shape index (κ1) is 39.6. The zero-order valence-corrected chi connectivity index (χ0v) is 30.6. The Morgan fingerprint density at radius 1 is 0.444 bits per heavy atom. The predicted molar refractivity (Wildman–Crippen MR) is 199 cm³/mol. The third kappa shape index (κ3) is 21.8. The first-order valence-corrected chi connectivity index (χ1v) is 20.5. The molecule has 0 fully saturated rings. The molecule has 0 atom stereocenters. The molecule has 0 radical (unpaired) electrons. The quantitative estimate of drug-likeness (QED) is 0.0554. The number of rotatable bonds is 33. The van der Waals surface area contributed by atoms with Crippen molar-refractivity contribution in [1.29, 1.82) is 0 Å². The Hall–Kier alpha value is -1.57. The molecule has 2 nitrogen and oxygen atoms in total. The fraction of sp³-hybridized carbons (Fsp3) is 0.791. The van der Waals surface area contributed by atoms with E-state index < -0.39 is 0 Å². The summed E-state index contributed by atoms with van der Waals surface area (Å²) in [6.45, 7) is 6.97. The topological polar surface area (TPSA) is 8.81 Å². The molecule has 0 aliphatic heterocycles. The van der Waals surface area contributed by atoms with Gasteiger partial charge in [0, 0.05) is 6.42 Å². The van der Waals surface area contributed by atoms with Crippen LogP contribution in [0.15, 0.2) is 42.7 Å². The van der Waals surface area contributed by atoms with Gasteiger partial charge < -0.3 is 0 Å². The van der Waals surface area contributed by atoms with Gasteiger partial charge in [0.05, 0.1) is 13.1 Å². The Kier molecular flexibility index (Phi) is 26.2. The molecule has 2 heteroatoms. The summed E-state index contributed by atoms with van der Waals surface area (Å²) in [5, 5.41) is 0. The maximum Gasteiger partial charge on any atom is 0.256 e. The zero-order chi connectivity index (χ0) is 31.9. The third-order valence-electron chi connectivity index (χ3n) is 10.1. The van der Waals surface area contributed by atoms with Crippen molar-refractivity contribution in [3.8, 4) is 0 Å². The van der Waals surface area contributed by atoms with E-state index in [9.17, 15) is 0 Å². The molecule has 0 spiro atoms. The minimum absolute atomic E-state index is 1.15. The van der Waals surface area contributed by atoms with E-state index in [1.165, 1.54) is 205 Å². The van der Waals surface area contributed by atoms with Gasteiger partial charge in [-0.3, -0.25) is 0 Å². The number of nitrogens with zero attached hydrogens (tertiary/aromatic N) is 2. The smallest absolute Gasteiger partial charge is 0.234 e. The van der Waals surface area contributed by atoms with Crippen molar-refractivity contribution < 1.29 is 4.57 Å². The lowest BCUT2D eigenvalue weighted by Gasteiger charge is -2.07. The van der Waals surface area contributed by atoms with Crippen LogP contribution in [0.2, 0.25) is 0 Å². The number of unbranched alkanes of at least 4 members (excludes halogenated alkanes) is 25. The van der Waals surface area contributed by atoms with Gasteiger partial charge in [0.25, 0.3) is 5.82 Å². The van der Waals surface area contributed by atoms with E-state index in [0.29, 0.717) is 0 Å². The molecule has 258 valence electrons. The predicted octanol–water partition coefficient (Wildman–Crippen LogP) is 13.5. The number of aryl methyl sites for hydroxylation is 3. The minimum Gasteiger partial charge on any atom is -0.234 e. The first-order chi connectivity index (χ1) is 22.3. The average Bonchev–Trinajstić information content (AvgIpc) is 3.44. The molecule has 0 unspecified atom stereocenters. The molecule has 2 rings (SSSR count). The molecule has 0 aliphatic rings. The molecule has 1 heterocycles. The second kappa shape index (κ2) is 29.8. The normalized spacial score (nSPS) is 11.5. The van der Waals surface area contributed by atoms with Crippen LogP contribution >= 0.6 is 0 Å². The molecule has 0 N–H and O–H groups in total. The van der Waals surface area contributed by atoms with Gasteiger partial charge in [-0.2, -0.15) is 0 Å². The highest BCUT2D eigenvalue weighted by molar-refractivity contribution is 5.14. The van der Waals surface area contributed by atoms with E-state index in [2.05, 4.69) is 65.7 Å². The number of imidazole rings is 1. The van der Waals surface area contributed by atoms with Gasteiger partial charge in [0.15, 0.2) is 0 Å². The van der Waals surface area contributed by atoms with Crippen molar-refractivity contribution >= 4 is 0 Å². The van der Waals surface area contributed by atoms with E-state index >= 15 is 0 Å². The van der Waals surface area contributed by atoms with Gasteiger partial charge in [-0.05, 0) is 37.7 Å². The largest absolute Gasteiger partial charge is 0.256 e. The fourth-order valence-electron chi connectivity index (χ4n) is 7.07. The Morgan fingerprint density at radius 2 is 0.867 bits per heavy atom. The molecule has 2 aromatic rings. The van der Waals surface area contributed by atoms with Crippen LogP contribution in [0.4, 0.5) is 0 Å². The van der Waals surface area contributed by atoms with Gasteiger partial charge in [-0.25, -0.2) is 9.13 Å². The highest BCUT2D eigenvalue weighted by Gasteiger charge is 2.16. The SMILES string of the molecule is CCCCCCCCCCCCCCCCCCc1n(CCCCCCCCCCCCC)cc[n+]1CCCc1ccccc1. The maximum atomic E-state index is 2.61. The van der Waals surface area contributed by atoms with Crippen LogP contribution in [0.3, 0.4) is 0 Å². The fourth-order valence-corrected chi connectivity index (χ4v) is 7.07. The van der Waals surface area contributed by atoms with Gasteiger partial charge in [-0.1, -0.05) is 198 Å². The summed E-state index contributed by atoms with van der Waals surface area (Å²) in [5.74, 6) is 1.58. The van der Waals surface area contributed by atoms with Gasteiger partial charge in [0.1, 0.15) is 12.4 Å². The number of hydrogen-bond donors (Lipinski definition) is 0. The Balaban J connectivity index is 1.60. The van der Waals surface area contributed by atoms with E-state index in [0.717, 1.165) is 6.54 Å². The number of aromatic nitrogens is 2. The Morgan fingerprint density at radius 3 is 1.33 bits per heavy atom. The van der Waals surface area contributed by atoms with Crippen LogP contribution in [0, 0.1) is 0 Å². The summed E-state index contributed by atoms with van der Waals surface area (Å²) in [4.78, 5) is 0. The summed E-state index contributed by atoms with van der Waals surface area (Å²) in [6, 6.07) is 11.0. The molecule has 0 amide bonds. The van der Waals surface area contributed by atoms with Gasteiger partial charge >= 0.3 is 0 Å². The standard InChI is InChI=1S/C43H77N2/c1-3-5-7-9-11-13-15-16-17-18-19-20-22-24-26-31-37-43-44(38-32-27-25-23-21-14-12-10-8-6-4-2)40-41-45(43)39-33-36-42-34-29-28-30-35-42/h28-30,34-35,40-41H,3-27,31-33,36-39H2,1-2H3/q+1. The maximum absolute atomic E-state index is 2.61. The third-order valence-corrected chi connectivity index (χ3v) is 10.1. The molecular weight excluding hydrogens is 544 g/mol. The van der Waals surface area contributed by atoms with Crippen molar-refractivity contribution in [1.82, 2.24) is 4.57 Å². The second-order valence-corrected chi connectivity index (χ2v) is 14.3. The zero-order valence-electron chi connectivity index (χ0n) is 30.6. The Bertz CT molecular complexity index is 869. The van der Waals surface area contributed by atoms with Crippen LogP contribution in [-0.2, 0) is 25.9 Å². The summed E-state index contributed by atoms with van der Waals surface area (Å²) >= 11 is 0. The van der Waals surface area contributed by atoms with Crippen molar-refractivity contribution in [3.05, 3.63) is 54.1 Å². The monoisotopic (exact) mass is 622 g/mol. The van der Waals surface area contributed by atoms with Crippen molar-refractivity contribution in [2.24, 2.45) is 0 Å². The second-order valence-electron chi connectivity index (χ2n) is 14.3. The molecule has 0 aliphatic carbocycles. The molecule has 0 bridgehead atoms. The average molecular weight is 622 g/mol. The van der Waals surface area contributed by atoms with Crippen molar-refractivity contribution in [2.45, 2.75) is 220 Å². The van der Waals surface area contributed by atoms with Crippen LogP contribution in [0.5, 0.6) is 0 Å². The van der Waals surface area contributed by atoms with E-state index in [-0.39, 0.29) is 0 Å². The first-order valence-electron chi connectivity index (χ1n) is 20.5. The lowest BCUT2D eigenvalue weighted by Crippen LogP contribution is -2.37. The summed E-state index contributed by atoms with van der Waals surface area (Å²) < 4.78 is 5.20. The van der Waals surface area contributed by atoms with E-state index in [1.807, 2.05) is 0 Å². The molecule has 1 aromatic heterocycles. The van der Waals surface area contributed by atoms with E-state index in [4.69, 9.17) is 0 Å². The van der Waals surface area contributed by atoms with Crippen LogP contribution in [0.1, 0.15) is 205 Å². The lowest BCUT2D eigenvalue weighted by atomic mass is 10.0. The van der Waals surface area contributed by atoms with Crippen LogP contribution in [0.25, 0.3) is 0 Å². The molecule has 1 aromatic carbocycles. The summed E-state index contributed by atoms with van der Waals surface area (Å²) in [6.07, 6.45) is 47.1. The van der Waals surface area contributed by atoms with Gasteiger partial charge in [0.2, 0.25) is 0 Å². The molecule has 45 heavy (non-hydrogen) atoms. The van der Waals surface area contributed by atoms with Crippen LogP contribution < -0.4 is 4.57 Å². The Labute approximate surface area is 282 Å².